The van der Waals surface area contributed by atoms with E-state index in [-0.39, 0.29) is 0 Å². The second-order valence-electron chi connectivity index (χ2n) is 4.85. The first-order valence-corrected chi connectivity index (χ1v) is 7.76. The van der Waals surface area contributed by atoms with Crippen LogP contribution < -0.4 is 5.32 Å². The molecular formula is C12H24N2S. The van der Waals surface area contributed by atoms with Gasteiger partial charge >= 0.3 is 0 Å². The van der Waals surface area contributed by atoms with Crippen molar-refractivity contribution in [3.63, 3.8) is 0 Å². The van der Waals surface area contributed by atoms with Gasteiger partial charge < -0.3 is 10.2 Å². The molecule has 2 heterocycles. The van der Waals surface area contributed by atoms with Gasteiger partial charge in [0.15, 0.2) is 0 Å². The molecule has 2 nitrogen and oxygen atoms in total. The average Bonchev–Trinajstić information content (AvgIpc) is 2.71. The topological polar surface area (TPSA) is 15.3 Å². The highest BCUT2D eigenvalue weighted by Gasteiger charge is 2.31. The second kappa shape index (κ2) is 6.12. The molecule has 0 saturated carbocycles. The number of rotatable bonds is 5. The maximum Gasteiger partial charge on any atom is 0.0111 e. The number of hydrogen-bond acceptors (Lipinski definition) is 3. The van der Waals surface area contributed by atoms with Crippen molar-refractivity contribution in [2.75, 3.05) is 31.6 Å². The molecule has 0 aromatic rings. The molecule has 3 heteroatoms. The van der Waals surface area contributed by atoms with E-state index in [0.717, 1.165) is 12.1 Å². The Morgan fingerprint density at radius 3 is 3.13 bits per heavy atom. The Morgan fingerprint density at radius 1 is 1.33 bits per heavy atom. The quantitative estimate of drug-likeness (QED) is 0.724. The Morgan fingerprint density at radius 2 is 2.27 bits per heavy atom. The minimum atomic E-state index is 0.811. The largest absolute Gasteiger partial charge is 0.314 e. The predicted molar refractivity (Wildman–Crippen MR) is 68.6 cm³/mol. The molecule has 1 N–H and O–H groups in total. The van der Waals surface area contributed by atoms with Crippen LogP contribution in [0, 0.1) is 0 Å². The van der Waals surface area contributed by atoms with Crippen molar-refractivity contribution in [1.82, 2.24) is 10.2 Å². The standard InChI is InChI=1S/C12H24N2S/c1-15-9-3-6-13-11-5-8-14-7-2-4-12(14)10-11/h11-13H,2-10H2,1H3. The van der Waals surface area contributed by atoms with E-state index < -0.39 is 0 Å². The van der Waals surface area contributed by atoms with Gasteiger partial charge in [-0.1, -0.05) is 0 Å². The lowest BCUT2D eigenvalue weighted by atomic mass is 9.97. The van der Waals surface area contributed by atoms with Crippen LogP contribution in [0.15, 0.2) is 0 Å². The highest BCUT2D eigenvalue weighted by atomic mass is 32.2. The molecule has 0 spiro atoms. The van der Waals surface area contributed by atoms with Gasteiger partial charge in [0.25, 0.3) is 0 Å². The van der Waals surface area contributed by atoms with Gasteiger partial charge in [0.1, 0.15) is 0 Å². The summed E-state index contributed by atoms with van der Waals surface area (Å²) in [6.45, 7) is 3.92. The number of nitrogens with one attached hydrogen (secondary N) is 1. The van der Waals surface area contributed by atoms with Gasteiger partial charge in [-0.05, 0) is 63.7 Å². The Balaban J connectivity index is 1.62. The Bertz CT molecular complexity index is 186. The highest BCUT2D eigenvalue weighted by Crippen LogP contribution is 2.26. The minimum Gasteiger partial charge on any atom is -0.314 e. The summed E-state index contributed by atoms with van der Waals surface area (Å²) in [6.07, 6.45) is 9.17. The average molecular weight is 228 g/mol. The van der Waals surface area contributed by atoms with Gasteiger partial charge in [0.2, 0.25) is 0 Å². The molecule has 15 heavy (non-hydrogen) atoms. The molecule has 0 aromatic carbocycles. The zero-order valence-electron chi connectivity index (χ0n) is 9.87. The van der Waals surface area contributed by atoms with E-state index in [4.69, 9.17) is 0 Å². The second-order valence-corrected chi connectivity index (χ2v) is 5.84. The molecule has 88 valence electrons. The lowest BCUT2D eigenvalue weighted by molar-refractivity contribution is 0.167. The van der Waals surface area contributed by atoms with E-state index >= 15 is 0 Å². The summed E-state index contributed by atoms with van der Waals surface area (Å²) < 4.78 is 0. The summed E-state index contributed by atoms with van der Waals surface area (Å²) in [4.78, 5) is 2.69. The van der Waals surface area contributed by atoms with Crippen LogP contribution in [0.2, 0.25) is 0 Å². The Hall–Kier alpha value is 0.270. The molecule has 2 aliphatic rings. The molecule has 0 amide bonds. The van der Waals surface area contributed by atoms with Crippen molar-refractivity contribution in [1.29, 1.82) is 0 Å². The summed E-state index contributed by atoms with van der Waals surface area (Å²) >= 11 is 1.96. The fourth-order valence-corrected chi connectivity index (χ4v) is 3.37. The van der Waals surface area contributed by atoms with Gasteiger partial charge in [-0.2, -0.15) is 11.8 Å². The third-order valence-electron chi connectivity index (χ3n) is 3.78. The van der Waals surface area contributed by atoms with E-state index in [2.05, 4.69) is 16.5 Å². The number of piperidine rings is 1. The van der Waals surface area contributed by atoms with Gasteiger partial charge in [-0.15, -0.1) is 0 Å². The molecule has 0 aliphatic carbocycles. The van der Waals surface area contributed by atoms with Crippen LogP contribution in [0.4, 0.5) is 0 Å². The molecule has 2 aliphatic heterocycles. The monoisotopic (exact) mass is 228 g/mol. The summed E-state index contributed by atoms with van der Waals surface area (Å²) in [7, 11) is 0. The van der Waals surface area contributed by atoms with Crippen LogP contribution in [-0.4, -0.2) is 48.6 Å². The SMILES string of the molecule is CSCCCNC1CCN2CCCC2C1. The maximum absolute atomic E-state index is 3.73. The number of thioether (sulfide) groups is 1. The first-order valence-electron chi connectivity index (χ1n) is 6.36. The molecule has 0 bridgehead atoms. The first-order chi connectivity index (χ1) is 7.40. The zero-order chi connectivity index (χ0) is 10.5. The normalized spacial score (nSPS) is 31.8. The van der Waals surface area contributed by atoms with Crippen molar-refractivity contribution < 1.29 is 0 Å². The van der Waals surface area contributed by atoms with E-state index in [1.54, 1.807) is 0 Å². The van der Waals surface area contributed by atoms with Crippen LogP contribution in [-0.2, 0) is 0 Å². The zero-order valence-corrected chi connectivity index (χ0v) is 10.7. The molecule has 2 unspecified atom stereocenters. The minimum absolute atomic E-state index is 0.811. The van der Waals surface area contributed by atoms with Crippen molar-refractivity contribution in [2.45, 2.75) is 44.2 Å². The lowest BCUT2D eigenvalue weighted by Gasteiger charge is -2.35. The van der Waals surface area contributed by atoms with Gasteiger partial charge in [-0.3, -0.25) is 0 Å². The van der Waals surface area contributed by atoms with Gasteiger partial charge in [0, 0.05) is 12.1 Å². The summed E-state index contributed by atoms with van der Waals surface area (Å²) in [5, 5.41) is 3.73. The predicted octanol–water partition coefficient (Wildman–Crippen LogP) is 1.96. The number of nitrogens with zero attached hydrogens (tertiary/aromatic N) is 1. The van der Waals surface area contributed by atoms with Gasteiger partial charge in [0.05, 0.1) is 0 Å². The summed E-state index contributed by atoms with van der Waals surface area (Å²) in [6, 6.07) is 1.73. The first kappa shape index (κ1) is 11.7. The molecule has 2 saturated heterocycles. The molecule has 2 fully saturated rings. The maximum atomic E-state index is 3.73. The molecule has 0 radical (unpaired) electrons. The van der Waals surface area contributed by atoms with Crippen LogP contribution in [0.3, 0.4) is 0 Å². The Labute approximate surface area is 98.2 Å². The molecule has 2 atom stereocenters. The fourth-order valence-electron chi connectivity index (χ4n) is 2.93. The van der Waals surface area contributed by atoms with Gasteiger partial charge in [-0.25, -0.2) is 0 Å². The molecule has 2 rings (SSSR count). The smallest absolute Gasteiger partial charge is 0.0111 e. The molecule has 0 aromatic heterocycles. The van der Waals surface area contributed by atoms with Crippen molar-refractivity contribution in [3.05, 3.63) is 0 Å². The van der Waals surface area contributed by atoms with Crippen LogP contribution in [0.25, 0.3) is 0 Å². The lowest BCUT2D eigenvalue weighted by Crippen LogP contribution is -2.45. The molecular weight excluding hydrogens is 204 g/mol. The highest BCUT2D eigenvalue weighted by molar-refractivity contribution is 7.98. The van der Waals surface area contributed by atoms with E-state index in [1.165, 1.54) is 57.5 Å². The van der Waals surface area contributed by atoms with E-state index in [9.17, 15) is 0 Å². The van der Waals surface area contributed by atoms with Crippen molar-refractivity contribution >= 4 is 11.8 Å². The third kappa shape index (κ3) is 3.36. The van der Waals surface area contributed by atoms with Crippen LogP contribution in [0.5, 0.6) is 0 Å². The van der Waals surface area contributed by atoms with Crippen molar-refractivity contribution in [2.24, 2.45) is 0 Å². The van der Waals surface area contributed by atoms with Crippen molar-refractivity contribution in [3.8, 4) is 0 Å². The number of hydrogen-bond donors (Lipinski definition) is 1. The summed E-state index contributed by atoms with van der Waals surface area (Å²) in [5.74, 6) is 1.30. The Kier molecular flexibility index (Phi) is 4.79. The van der Waals surface area contributed by atoms with E-state index in [1.807, 2.05) is 11.8 Å². The third-order valence-corrected chi connectivity index (χ3v) is 4.48. The van der Waals surface area contributed by atoms with E-state index in [0.29, 0.717) is 0 Å². The summed E-state index contributed by atoms with van der Waals surface area (Å²) in [5.41, 5.74) is 0. The fraction of sp³-hybridized carbons (Fsp3) is 1.00. The van der Waals surface area contributed by atoms with Crippen LogP contribution >= 0.6 is 11.8 Å². The van der Waals surface area contributed by atoms with Crippen LogP contribution in [0.1, 0.15) is 32.1 Å². The number of fused-ring (bicyclic) bond motifs is 1.